The van der Waals surface area contributed by atoms with Gasteiger partial charge in [0.15, 0.2) is 0 Å². The van der Waals surface area contributed by atoms with Gasteiger partial charge in [0.1, 0.15) is 18.4 Å². The molecule has 6 nitrogen and oxygen atoms in total. The average molecular weight is 314 g/mol. The first-order valence-electron chi connectivity index (χ1n) is 6.37. The summed E-state index contributed by atoms with van der Waals surface area (Å²) in [7, 11) is 0. The second-order valence-corrected chi connectivity index (χ2v) is 4.34. The Labute approximate surface area is 123 Å². The molecular weight excluding hydrogens is 301 g/mol. The van der Waals surface area contributed by atoms with Crippen molar-refractivity contribution in [3.63, 3.8) is 0 Å². The van der Waals surface area contributed by atoms with Crippen LogP contribution in [0.25, 0.3) is 0 Å². The van der Waals surface area contributed by atoms with Crippen molar-refractivity contribution in [2.75, 3.05) is 0 Å². The highest BCUT2D eigenvalue weighted by Crippen LogP contribution is 2.26. The van der Waals surface area contributed by atoms with Crippen LogP contribution in [-0.4, -0.2) is 27.0 Å². The predicted molar refractivity (Wildman–Crippen MR) is 69.6 cm³/mol. The minimum atomic E-state index is -4.77. The maximum atomic E-state index is 12.3. The zero-order chi connectivity index (χ0) is 16.0. The van der Waals surface area contributed by atoms with E-state index < -0.39 is 6.36 Å². The molecule has 0 unspecified atom stereocenters. The van der Waals surface area contributed by atoms with Crippen LogP contribution in [0.2, 0.25) is 0 Å². The summed E-state index contributed by atoms with van der Waals surface area (Å²) in [6, 6.07) is 5.65. The number of para-hydroxylation sites is 1. The first kappa shape index (κ1) is 15.8. The van der Waals surface area contributed by atoms with E-state index in [1.54, 1.807) is 6.07 Å². The molecule has 118 valence electrons. The Kier molecular flexibility index (Phi) is 4.97. The molecule has 2 rings (SSSR count). The van der Waals surface area contributed by atoms with Crippen LogP contribution in [0.5, 0.6) is 5.75 Å². The number of hydrogen-bond acceptors (Lipinski definition) is 4. The maximum Gasteiger partial charge on any atom is 0.573 e. The van der Waals surface area contributed by atoms with Gasteiger partial charge in [-0.2, -0.15) is 5.10 Å². The zero-order valence-corrected chi connectivity index (χ0v) is 11.4. The summed E-state index contributed by atoms with van der Waals surface area (Å²) >= 11 is 0. The van der Waals surface area contributed by atoms with Crippen LogP contribution in [0.1, 0.15) is 12.0 Å². The first-order valence-corrected chi connectivity index (χ1v) is 6.37. The molecule has 0 aliphatic rings. The van der Waals surface area contributed by atoms with E-state index in [0.717, 1.165) is 0 Å². The Hall–Kier alpha value is -2.58. The Morgan fingerprint density at radius 2 is 2.09 bits per heavy atom. The Bertz CT molecular complexity index is 614. The molecule has 0 fully saturated rings. The normalized spacial score (nSPS) is 11.2. The highest BCUT2D eigenvalue weighted by atomic mass is 19.4. The van der Waals surface area contributed by atoms with Gasteiger partial charge in [0.2, 0.25) is 5.91 Å². The fourth-order valence-corrected chi connectivity index (χ4v) is 1.72. The van der Waals surface area contributed by atoms with Crippen LogP contribution in [0, 0.1) is 0 Å². The number of halogens is 3. The largest absolute Gasteiger partial charge is 0.573 e. The number of nitrogens with zero attached hydrogens (tertiary/aromatic N) is 3. The van der Waals surface area contributed by atoms with Gasteiger partial charge < -0.3 is 10.1 Å². The minimum Gasteiger partial charge on any atom is -0.405 e. The molecule has 2 aromatic rings. The van der Waals surface area contributed by atoms with Crippen LogP contribution in [-0.2, 0) is 17.9 Å². The number of aryl methyl sites for hydroxylation is 1. The zero-order valence-electron chi connectivity index (χ0n) is 11.4. The van der Waals surface area contributed by atoms with E-state index in [0.29, 0.717) is 6.54 Å². The molecule has 0 aliphatic heterocycles. The van der Waals surface area contributed by atoms with Crippen molar-refractivity contribution in [3.8, 4) is 5.75 Å². The van der Waals surface area contributed by atoms with Gasteiger partial charge in [-0.25, -0.2) is 4.98 Å². The van der Waals surface area contributed by atoms with Gasteiger partial charge in [0.05, 0.1) is 6.54 Å². The van der Waals surface area contributed by atoms with E-state index in [9.17, 15) is 18.0 Å². The van der Waals surface area contributed by atoms with Gasteiger partial charge in [-0.05, 0) is 6.07 Å². The van der Waals surface area contributed by atoms with E-state index in [2.05, 4.69) is 20.1 Å². The molecule has 0 bridgehead atoms. The quantitative estimate of drug-likeness (QED) is 0.884. The summed E-state index contributed by atoms with van der Waals surface area (Å²) in [5.41, 5.74) is 0.244. The van der Waals surface area contributed by atoms with E-state index >= 15 is 0 Å². The maximum absolute atomic E-state index is 12.3. The number of rotatable bonds is 6. The van der Waals surface area contributed by atoms with Crippen molar-refractivity contribution in [2.45, 2.75) is 25.9 Å². The highest BCUT2D eigenvalue weighted by Gasteiger charge is 2.31. The molecule has 0 radical (unpaired) electrons. The summed E-state index contributed by atoms with van der Waals surface area (Å²) < 4.78 is 42.2. The van der Waals surface area contributed by atoms with Crippen LogP contribution < -0.4 is 10.1 Å². The van der Waals surface area contributed by atoms with Gasteiger partial charge in [-0.15, -0.1) is 13.2 Å². The van der Waals surface area contributed by atoms with Crippen molar-refractivity contribution >= 4 is 5.91 Å². The van der Waals surface area contributed by atoms with Crippen LogP contribution in [0.4, 0.5) is 13.2 Å². The number of benzene rings is 1. The third-order valence-electron chi connectivity index (χ3n) is 2.71. The Morgan fingerprint density at radius 3 is 2.77 bits per heavy atom. The van der Waals surface area contributed by atoms with Gasteiger partial charge in [-0.1, -0.05) is 18.2 Å². The number of aromatic nitrogens is 3. The molecule has 1 aromatic heterocycles. The van der Waals surface area contributed by atoms with Crippen molar-refractivity contribution in [2.24, 2.45) is 0 Å². The fourth-order valence-electron chi connectivity index (χ4n) is 1.72. The summed E-state index contributed by atoms with van der Waals surface area (Å²) in [6.45, 7) is 0.287. The molecule has 0 atom stereocenters. The lowest BCUT2D eigenvalue weighted by Gasteiger charge is -2.13. The van der Waals surface area contributed by atoms with Crippen molar-refractivity contribution < 1.29 is 22.7 Å². The summed E-state index contributed by atoms with van der Waals surface area (Å²) in [5, 5.41) is 6.38. The smallest absolute Gasteiger partial charge is 0.405 e. The molecule has 0 aliphatic carbocycles. The average Bonchev–Trinajstić information content (AvgIpc) is 2.96. The lowest BCUT2D eigenvalue weighted by Crippen LogP contribution is -2.25. The summed E-state index contributed by atoms with van der Waals surface area (Å²) in [5.74, 6) is -0.635. The molecule has 0 saturated heterocycles. The monoisotopic (exact) mass is 314 g/mol. The van der Waals surface area contributed by atoms with Gasteiger partial charge in [0.25, 0.3) is 0 Å². The lowest BCUT2D eigenvalue weighted by atomic mass is 10.2. The standard InChI is InChI=1S/C13H13F3N4O2/c14-13(15,16)22-11-4-2-1-3-10(11)7-18-12(21)5-6-20-9-17-8-19-20/h1-4,8-9H,5-7H2,(H,18,21). The minimum absolute atomic E-state index is 0.0531. The molecule has 1 aromatic carbocycles. The molecule has 1 N–H and O–H groups in total. The number of amides is 1. The number of carbonyl (C=O) groups is 1. The summed E-state index contributed by atoms with van der Waals surface area (Å²) in [6.07, 6.45) is -1.80. The summed E-state index contributed by atoms with van der Waals surface area (Å²) in [4.78, 5) is 15.4. The molecule has 0 saturated carbocycles. The van der Waals surface area contributed by atoms with E-state index in [4.69, 9.17) is 0 Å². The van der Waals surface area contributed by atoms with E-state index in [-0.39, 0.29) is 30.2 Å². The number of nitrogens with one attached hydrogen (secondary N) is 1. The second-order valence-electron chi connectivity index (χ2n) is 4.34. The van der Waals surface area contributed by atoms with Crippen molar-refractivity contribution in [1.82, 2.24) is 20.1 Å². The number of ether oxygens (including phenoxy) is 1. The van der Waals surface area contributed by atoms with Gasteiger partial charge in [0, 0.05) is 18.5 Å². The Morgan fingerprint density at radius 1 is 1.32 bits per heavy atom. The number of carbonyl (C=O) groups excluding carboxylic acids is 1. The fraction of sp³-hybridized carbons (Fsp3) is 0.308. The number of alkyl halides is 3. The van der Waals surface area contributed by atoms with E-state index in [1.807, 2.05) is 0 Å². The van der Waals surface area contributed by atoms with E-state index in [1.165, 1.54) is 35.5 Å². The predicted octanol–water partition coefficient (Wildman–Crippen LogP) is 1.88. The lowest BCUT2D eigenvalue weighted by molar-refractivity contribution is -0.274. The Balaban J connectivity index is 1.87. The van der Waals surface area contributed by atoms with Crippen LogP contribution in [0.3, 0.4) is 0 Å². The molecule has 1 amide bonds. The van der Waals surface area contributed by atoms with Gasteiger partial charge in [-0.3, -0.25) is 9.48 Å². The molecular formula is C13H13F3N4O2. The van der Waals surface area contributed by atoms with Crippen LogP contribution >= 0.6 is 0 Å². The second kappa shape index (κ2) is 6.92. The molecule has 0 spiro atoms. The topological polar surface area (TPSA) is 69.0 Å². The number of hydrogen-bond donors (Lipinski definition) is 1. The third-order valence-corrected chi connectivity index (χ3v) is 2.71. The molecule has 22 heavy (non-hydrogen) atoms. The molecule has 1 heterocycles. The third kappa shape index (κ3) is 5.08. The van der Waals surface area contributed by atoms with Crippen LogP contribution in [0.15, 0.2) is 36.9 Å². The van der Waals surface area contributed by atoms with Gasteiger partial charge >= 0.3 is 6.36 Å². The SMILES string of the molecule is O=C(CCn1cncn1)NCc1ccccc1OC(F)(F)F. The van der Waals surface area contributed by atoms with Crippen molar-refractivity contribution in [3.05, 3.63) is 42.5 Å². The van der Waals surface area contributed by atoms with Crippen molar-refractivity contribution in [1.29, 1.82) is 0 Å². The first-order chi connectivity index (χ1) is 10.4. The highest BCUT2D eigenvalue weighted by molar-refractivity contribution is 5.75. The molecule has 9 heteroatoms.